The summed E-state index contributed by atoms with van der Waals surface area (Å²) in [6.07, 6.45) is 0.602. The van der Waals surface area contributed by atoms with Gasteiger partial charge in [0.05, 0.1) is 24.8 Å². The van der Waals surface area contributed by atoms with E-state index in [0.29, 0.717) is 41.5 Å². The van der Waals surface area contributed by atoms with E-state index in [0.717, 1.165) is 22.8 Å². The summed E-state index contributed by atoms with van der Waals surface area (Å²) in [7, 11) is 0. The lowest BCUT2D eigenvalue weighted by Crippen LogP contribution is -2.25. The van der Waals surface area contributed by atoms with Crippen molar-refractivity contribution in [1.82, 2.24) is 0 Å². The van der Waals surface area contributed by atoms with E-state index in [-0.39, 0.29) is 18.4 Å². The monoisotopic (exact) mass is 432 g/mol. The van der Waals surface area contributed by atoms with Gasteiger partial charge >= 0.3 is 0 Å². The molecule has 1 amide bonds. The zero-order valence-electron chi connectivity index (χ0n) is 18.5. The SMILES string of the molecule is CCCOc1c2c(c(OC(C)C)c3ccccc13)CN(c1ccc(CC(=O)[O-])cc1)C2=O. The summed E-state index contributed by atoms with van der Waals surface area (Å²) in [5.41, 5.74) is 2.66. The third-order valence-corrected chi connectivity index (χ3v) is 5.40. The van der Waals surface area contributed by atoms with Gasteiger partial charge in [0.2, 0.25) is 0 Å². The molecular weight excluding hydrogens is 406 g/mol. The highest BCUT2D eigenvalue weighted by Gasteiger charge is 2.37. The second-order valence-electron chi connectivity index (χ2n) is 8.18. The van der Waals surface area contributed by atoms with E-state index in [2.05, 4.69) is 0 Å². The van der Waals surface area contributed by atoms with Gasteiger partial charge in [-0.2, -0.15) is 0 Å². The predicted octanol–water partition coefficient (Wildman–Crippen LogP) is 3.87. The first-order valence-electron chi connectivity index (χ1n) is 10.9. The number of carboxylic acids is 1. The van der Waals surface area contributed by atoms with Crippen molar-refractivity contribution in [3.05, 3.63) is 65.2 Å². The number of anilines is 1. The molecule has 0 saturated carbocycles. The van der Waals surface area contributed by atoms with Crippen LogP contribution in [0.4, 0.5) is 5.69 Å². The van der Waals surface area contributed by atoms with Gasteiger partial charge in [0.15, 0.2) is 0 Å². The van der Waals surface area contributed by atoms with Gasteiger partial charge in [-0.25, -0.2) is 0 Å². The minimum Gasteiger partial charge on any atom is -0.550 e. The van der Waals surface area contributed by atoms with Crippen molar-refractivity contribution < 1.29 is 24.2 Å². The van der Waals surface area contributed by atoms with E-state index in [1.807, 2.05) is 45.0 Å². The molecule has 0 spiro atoms. The smallest absolute Gasteiger partial charge is 0.262 e. The van der Waals surface area contributed by atoms with E-state index in [1.165, 1.54) is 0 Å². The molecule has 0 fully saturated rings. The molecule has 0 radical (unpaired) electrons. The molecular formula is C26H26NO5-. The molecule has 1 heterocycles. The number of rotatable bonds is 8. The lowest BCUT2D eigenvalue weighted by Gasteiger charge is -2.19. The zero-order chi connectivity index (χ0) is 22.8. The number of ether oxygens (including phenoxy) is 2. The lowest BCUT2D eigenvalue weighted by molar-refractivity contribution is -0.304. The Kier molecular flexibility index (Phi) is 6.04. The molecule has 0 saturated heterocycles. The molecule has 3 aromatic carbocycles. The molecule has 6 heteroatoms. The third-order valence-electron chi connectivity index (χ3n) is 5.40. The fourth-order valence-electron chi connectivity index (χ4n) is 4.06. The van der Waals surface area contributed by atoms with Gasteiger partial charge in [-0.3, -0.25) is 4.79 Å². The number of aliphatic carboxylic acids is 1. The minimum absolute atomic E-state index is 0.0574. The van der Waals surface area contributed by atoms with E-state index in [4.69, 9.17) is 9.47 Å². The summed E-state index contributed by atoms with van der Waals surface area (Å²) >= 11 is 0. The Labute approximate surface area is 187 Å². The fraction of sp³-hybridized carbons (Fsp3) is 0.308. The van der Waals surface area contributed by atoms with E-state index >= 15 is 0 Å². The van der Waals surface area contributed by atoms with Gasteiger partial charge in [0, 0.05) is 34.4 Å². The molecule has 32 heavy (non-hydrogen) atoms. The highest BCUT2D eigenvalue weighted by atomic mass is 16.5. The molecule has 1 aliphatic rings. The number of carbonyl (C=O) groups is 2. The summed E-state index contributed by atoms with van der Waals surface area (Å²) in [6, 6.07) is 14.8. The first kappa shape index (κ1) is 21.7. The second-order valence-corrected chi connectivity index (χ2v) is 8.18. The molecule has 166 valence electrons. The highest BCUT2D eigenvalue weighted by molar-refractivity contribution is 6.16. The molecule has 1 aliphatic heterocycles. The molecule has 0 aromatic heterocycles. The zero-order valence-corrected chi connectivity index (χ0v) is 18.5. The Bertz CT molecular complexity index is 1170. The van der Waals surface area contributed by atoms with Crippen molar-refractivity contribution in [2.45, 2.75) is 46.3 Å². The minimum atomic E-state index is -1.14. The first-order valence-corrected chi connectivity index (χ1v) is 10.9. The van der Waals surface area contributed by atoms with Crippen molar-refractivity contribution in [2.75, 3.05) is 11.5 Å². The summed E-state index contributed by atoms with van der Waals surface area (Å²) < 4.78 is 12.3. The van der Waals surface area contributed by atoms with E-state index < -0.39 is 5.97 Å². The van der Waals surface area contributed by atoms with Crippen molar-refractivity contribution in [1.29, 1.82) is 0 Å². The second kappa shape index (κ2) is 8.91. The standard InChI is InChI=1S/C26H27NO5/c1-4-13-31-25-20-8-6-5-7-19(20)24(32-16(2)3)21-15-27(26(30)23(21)25)18-11-9-17(10-12-18)14-22(28)29/h5-12,16H,4,13-15H2,1-3H3,(H,28,29)/p-1. The summed E-state index contributed by atoms with van der Waals surface area (Å²) in [6.45, 7) is 6.82. The summed E-state index contributed by atoms with van der Waals surface area (Å²) in [5, 5.41) is 12.6. The van der Waals surface area contributed by atoms with Crippen LogP contribution in [0.1, 0.15) is 48.7 Å². The Morgan fingerprint density at radius 2 is 1.72 bits per heavy atom. The molecule has 0 N–H and O–H groups in total. The quantitative estimate of drug-likeness (QED) is 0.540. The van der Waals surface area contributed by atoms with Crippen LogP contribution in [0, 0.1) is 0 Å². The molecule has 0 aliphatic carbocycles. The van der Waals surface area contributed by atoms with Gasteiger partial charge in [-0.15, -0.1) is 0 Å². The Balaban J connectivity index is 1.84. The summed E-state index contributed by atoms with van der Waals surface area (Å²) in [5.74, 6) is 0.00824. The molecule has 0 unspecified atom stereocenters. The van der Waals surface area contributed by atoms with Crippen LogP contribution in [0.25, 0.3) is 10.8 Å². The maximum absolute atomic E-state index is 13.6. The maximum Gasteiger partial charge on any atom is 0.262 e. The van der Waals surface area contributed by atoms with Gasteiger partial charge < -0.3 is 24.3 Å². The van der Waals surface area contributed by atoms with Crippen LogP contribution in [0.5, 0.6) is 11.5 Å². The van der Waals surface area contributed by atoms with Crippen molar-refractivity contribution in [3.63, 3.8) is 0 Å². The normalized spacial score (nSPS) is 13.0. The number of hydrogen-bond donors (Lipinski definition) is 0. The van der Waals surface area contributed by atoms with Crippen LogP contribution in [-0.2, 0) is 17.8 Å². The van der Waals surface area contributed by atoms with Crippen molar-refractivity contribution >= 4 is 28.3 Å². The van der Waals surface area contributed by atoms with E-state index in [1.54, 1.807) is 29.2 Å². The van der Waals surface area contributed by atoms with Crippen molar-refractivity contribution in [2.24, 2.45) is 0 Å². The van der Waals surface area contributed by atoms with Crippen LogP contribution in [0.2, 0.25) is 0 Å². The number of carbonyl (C=O) groups excluding carboxylic acids is 2. The highest BCUT2D eigenvalue weighted by Crippen LogP contribution is 2.46. The van der Waals surface area contributed by atoms with Crippen LogP contribution >= 0.6 is 0 Å². The van der Waals surface area contributed by atoms with Crippen LogP contribution in [0.15, 0.2) is 48.5 Å². The number of carboxylic acid groups (broad SMARTS) is 1. The van der Waals surface area contributed by atoms with Gasteiger partial charge in [0.25, 0.3) is 5.91 Å². The number of hydrogen-bond acceptors (Lipinski definition) is 5. The first-order chi connectivity index (χ1) is 15.4. The Hall–Kier alpha value is -3.54. The Morgan fingerprint density at radius 1 is 1.06 bits per heavy atom. The molecule has 4 rings (SSSR count). The Morgan fingerprint density at radius 3 is 2.31 bits per heavy atom. The van der Waals surface area contributed by atoms with Crippen LogP contribution in [-0.4, -0.2) is 24.6 Å². The van der Waals surface area contributed by atoms with Gasteiger partial charge in [-0.1, -0.05) is 43.3 Å². The topological polar surface area (TPSA) is 78.9 Å². The average Bonchev–Trinajstić information content (AvgIpc) is 3.10. The van der Waals surface area contributed by atoms with Gasteiger partial charge in [-0.05, 0) is 38.0 Å². The lowest BCUT2D eigenvalue weighted by atomic mass is 9.99. The van der Waals surface area contributed by atoms with Crippen LogP contribution in [0.3, 0.4) is 0 Å². The number of benzene rings is 3. The summed E-state index contributed by atoms with van der Waals surface area (Å²) in [4.78, 5) is 26.2. The number of amides is 1. The number of nitrogens with zero attached hydrogens (tertiary/aromatic N) is 1. The fourth-order valence-corrected chi connectivity index (χ4v) is 4.06. The number of fused-ring (bicyclic) bond motifs is 2. The average molecular weight is 432 g/mol. The van der Waals surface area contributed by atoms with Crippen molar-refractivity contribution in [3.8, 4) is 11.5 Å². The third kappa shape index (κ3) is 4.00. The molecule has 0 atom stereocenters. The molecule has 0 bridgehead atoms. The van der Waals surface area contributed by atoms with Crippen LogP contribution < -0.4 is 19.5 Å². The van der Waals surface area contributed by atoms with E-state index in [9.17, 15) is 14.7 Å². The largest absolute Gasteiger partial charge is 0.550 e. The predicted molar refractivity (Wildman–Crippen MR) is 121 cm³/mol. The maximum atomic E-state index is 13.6. The molecule has 6 nitrogen and oxygen atoms in total. The van der Waals surface area contributed by atoms with Gasteiger partial charge in [0.1, 0.15) is 11.5 Å². The molecule has 3 aromatic rings.